The molecule has 0 saturated carbocycles. The summed E-state index contributed by atoms with van der Waals surface area (Å²) in [5.41, 5.74) is 2.08. The number of fused-ring (bicyclic) bond motifs is 1. The van der Waals surface area contributed by atoms with Crippen LogP contribution in [0.4, 0.5) is 4.39 Å². The fourth-order valence-electron chi connectivity index (χ4n) is 2.15. The van der Waals surface area contributed by atoms with Crippen molar-refractivity contribution in [3.05, 3.63) is 57.0 Å². The number of nitrogens with one attached hydrogen (secondary N) is 1. The molecule has 1 aromatic heterocycles. The summed E-state index contributed by atoms with van der Waals surface area (Å²) < 4.78 is 16.7. The van der Waals surface area contributed by atoms with Crippen molar-refractivity contribution in [2.24, 2.45) is 0 Å². The number of nitrogens with zero attached hydrogens (tertiary/aromatic N) is 2. The van der Waals surface area contributed by atoms with Crippen molar-refractivity contribution >= 4 is 39.2 Å². The Morgan fingerprint density at radius 3 is 2.70 bits per heavy atom. The van der Waals surface area contributed by atoms with Gasteiger partial charge in [-0.3, -0.25) is 4.57 Å². The van der Waals surface area contributed by atoms with Crippen LogP contribution < -0.4 is 0 Å². The molecule has 0 fully saturated rings. The second-order valence-corrected chi connectivity index (χ2v) is 5.39. The highest BCUT2D eigenvalue weighted by Crippen LogP contribution is 2.29. The minimum atomic E-state index is -0.390. The molecule has 3 rings (SSSR count). The van der Waals surface area contributed by atoms with E-state index in [2.05, 4.69) is 27.0 Å². The van der Waals surface area contributed by atoms with Crippen molar-refractivity contribution < 1.29 is 4.39 Å². The number of hydrogen-bond donors (Lipinski definition) is 1. The number of hydrogen-bond acceptors (Lipinski definition) is 2. The fraction of sp³-hybridized carbons (Fsp3) is 0. The quantitative estimate of drug-likeness (QED) is 0.660. The van der Waals surface area contributed by atoms with E-state index in [0.29, 0.717) is 31.5 Å². The van der Waals surface area contributed by atoms with Gasteiger partial charge in [0.1, 0.15) is 11.9 Å². The highest BCUT2D eigenvalue weighted by Gasteiger charge is 2.15. The van der Waals surface area contributed by atoms with Crippen LogP contribution in [-0.4, -0.2) is 9.55 Å². The van der Waals surface area contributed by atoms with Gasteiger partial charge in [0, 0.05) is 4.47 Å². The molecule has 0 amide bonds. The van der Waals surface area contributed by atoms with Gasteiger partial charge < -0.3 is 4.98 Å². The molecule has 3 aromatic rings. The number of rotatable bonds is 1. The molecule has 0 unspecified atom stereocenters. The first-order valence-electron chi connectivity index (χ1n) is 5.71. The van der Waals surface area contributed by atoms with Crippen molar-refractivity contribution in [2.45, 2.75) is 0 Å². The first-order valence-corrected chi connectivity index (χ1v) is 6.92. The predicted octanol–water partition coefficient (Wildman–Crippen LogP) is 4.46. The highest BCUT2D eigenvalue weighted by atomic mass is 79.9. The van der Waals surface area contributed by atoms with Crippen LogP contribution in [0.15, 0.2) is 40.9 Å². The number of aromatic amines is 1. The molecule has 2 aromatic carbocycles. The summed E-state index contributed by atoms with van der Waals surface area (Å²) >= 11 is 8.61. The van der Waals surface area contributed by atoms with E-state index in [4.69, 9.17) is 17.5 Å². The van der Waals surface area contributed by atoms with Crippen LogP contribution >= 0.6 is 28.1 Å². The predicted molar refractivity (Wildman–Crippen MR) is 80.8 cm³/mol. The molecule has 6 heteroatoms. The summed E-state index contributed by atoms with van der Waals surface area (Å²) in [7, 11) is 0. The minimum absolute atomic E-state index is 0.332. The van der Waals surface area contributed by atoms with Gasteiger partial charge in [-0.2, -0.15) is 5.26 Å². The largest absolute Gasteiger partial charge is 0.329 e. The second kappa shape index (κ2) is 4.85. The fourth-order valence-corrected chi connectivity index (χ4v) is 2.96. The lowest BCUT2D eigenvalue weighted by Crippen LogP contribution is -1.99. The van der Waals surface area contributed by atoms with Crippen molar-refractivity contribution in [3.8, 4) is 11.8 Å². The average Bonchev–Trinajstić information content (AvgIpc) is 2.75. The SMILES string of the molecule is N#Cc1cccc2c1[nH]c(=S)n2-c1c(F)cccc1Br. The third-order valence-corrected chi connectivity index (χ3v) is 3.92. The Labute approximate surface area is 127 Å². The molecule has 0 bridgehead atoms. The van der Waals surface area contributed by atoms with Crippen LogP contribution in [0.5, 0.6) is 0 Å². The molecule has 98 valence electrons. The lowest BCUT2D eigenvalue weighted by Gasteiger charge is -2.08. The van der Waals surface area contributed by atoms with Gasteiger partial charge in [-0.1, -0.05) is 12.1 Å². The van der Waals surface area contributed by atoms with Crippen LogP contribution in [-0.2, 0) is 0 Å². The van der Waals surface area contributed by atoms with Gasteiger partial charge in [0.25, 0.3) is 0 Å². The van der Waals surface area contributed by atoms with Crippen LogP contribution in [0.3, 0.4) is 0 Å². The van der Waals surface area contributed by atoms with Gasteiger partial charge in [-0.25, -0.2) is 4.39 Å². The number of aromatic nitrogens is 2. The molecule has 3 nitrogen and oxygen atoms in total. The zero-order valence-electron chi connectivity index (χ0n) is 10.0. The standard InChI is InChI=1S/C14H7BrFN3S/c15-9-4-2-5-10(16)13(9)19-11-6-1-3-8(7-17)12(11)18-14(19)20/h1-6H,(H,18,20). The number of para-hydroxylation sites is 2. The van der Waals surface area contributed by atoms with E-state index in [-0.39, 0.29) is 0 Å². The van der Waals surface area contributed by atoms with Crippen molar-refractivity contribution in [1.29, 1.82) is 5.26 Å². The zero-order chi connectivity index (χ0) is 14.3. The first kappa shape index (κ1) is 13.0. The van der Waals surface area contributed by atoms with Gasteiger partial charge in [-0.15, -0.1) is 0 Å². The van der Waals surface area contributed by atoms with E-state index in [1.54, 1.807) is 34.9 Å². The normalized spacial score (nSPS) is 10.7. The Balaban J connectivity index is 2.48. The Hall–Kier alpha value is -1.97. The number of imidazole rings is 1. The Morgan fingerprint density at radius 1 is 1.25 bits per heavy atom. The minimum Gasteiger partial charge on any atom is -0.329 e. The topological polar surface area (TPSA) is 44.5 Å². The summed E-state index contributed by atoms with van der Waals surface area (Å²) in [4.78, 5) is 2.97. The van der Waals surface area contributed by atoms with Crippen LogP contribution in [0.2, 0.25) is 0 Å². The van der Waals surface area contributed by atoms with Crippen LogP contribution in [0, 0.1) is 21.9 Å². The molecular weight excluding hydrogens is 341 g/mol. The van der Waals surface area contributed by atoms with Gasteiger partial charge in [0.05, 0.1) is 22.3 Å². The maximum Gasteiger partial charge on any atom is 0.182 e. The van der Waals surface area contributed by atoms with Gasteiger partial charge in [0.2, 0.25) is 0 Å². The third kappa shape index (κ3) is 1.87. The van der Waals surface area contributed by atoms with Crippen LogP contribution in [0.25, 0.3) is 16.7 Å². The molecule has 0 radical (unpaired) electrons. The number of halogens is 2. The van der Waals surface area contributed by atoms with E-state index < -0.39 is 5.82 Å². The lowest BCUT2D eigenvalue weighted by atomic mass is 10.2. The van der Waals surface area contributed by atoms with Crippen molar-refractivity contribution in [1.82, 2.24) is 9.55 Å². The molecule has 0 spiro atoms. The number of H-pyrrole nitrogens is 1. The molecule has 0 atom stereocenters. The highest BCUT2D eigenvalue weighted by molar-refractivity contribution is 9.10. The molecule has 20 heavy (non-hydrogen) atoms. The smallest absolute Gasteiger partial charge is 0.182 e. The van der Waals surface area contributed by atoms with Crippen LogP contribution in [0.1, 0.15) is 5.56 Å². The molecule has 1 heterocycles. The Morgan fingerprint density at radius 2 is 2.00 bits per heavy atom. The van der Waals surface area contributed by atoms with Crippen molar-refractivity contribution in [3.63, 3.8) is 0 Å². The van der Waals surface area contributed by atoms with Gasteiger partial charge in [0.15, 0.2) is 4.77 Å². The van der Waals surface area contributed by atoms with Crippen molar-refractivity contribution in [2.75, 3.05) is 0 Å². The van der Waals surface area contributed by atoms with E-state index in [1.807, 2.05) is 0 Å². The maximum absolute atomic E-state index is 14.1. The number of nitriles is 1. The molecule has 0 aliphatic heterocycles. The monoisotopic (exact) mass is 347 g/mol. The summed E-state index contributed by atoms with van der Waals surface area (Å²) in [5, 5.41) is 9.12. The molecular formula is C14H7BrFN3S. The summed E-state index contributed by atoms with van der Waals surface area (Å²) in [6, 6.07) is 12.0. The average molecular weight is 348 g/mol. The summed E-state index contributed by atoms with van der Waals surface area (Å²) in [6.45, 7) is 0. The molecule has 0 aliphatic rings. The van der Waals surface area contributed by atoms with E-state index >= 15 is 0 Å². The maximum atomic E-state index is 14.1. The molecule has 1 N–H and O–H groups in total. The number of benzene rings is 2. The second-order valence-electron chi connectivity index (χ2n) is 4.15. The summed E-state index contributed by atoms with van der Waals surface area (Å²) in [6.07, 6.45) is 0. The van der Waals surface area contributed by atoms with Gasteiger partial charge >= 0.3 is 0 Å². The van der Waals surface area contributed by atoms with E-state index in [1.165, 1.54) is 6.07 Å². The van der Waals surface area contributed by atoms with Gasteiger partial charge in [-0.05, 0) is 52.4 Å². The lowest BCUT2D eigenvalue weighted by molar-refractivity contribution is 0.617. The Kier molecular flexibility index (Phi) is 3.16. The summed E-state index contributed by atoms with van der Waals surface area (Å²) in [5.74, 6) is -0.390. The first-order chi connectivity index (χ1) is 9.63. The van der Waals surface area contributed by atoms with E-state index in [9.17, 15) is 4.39 Å². The molecule has 0 aliphatic carbocycles. The zero-order valence-corrected chi connectivity index (χ0v) is 12.4. The van der Waals surface area contributed by atoms with E-state index in [0.717, 1.165) is 0 Å². The Bertz CT molecular complexity index is 900. The third-order valence-electron chi connectivity index (χ3n) is 3.00. The molecule has 0 saturated heterocycles.